The van der Waals surface area contributed by atoms with Crippen LogP contribution in [0.4, 0.5) is 5.69 Å². The zero-order valence-corrected chi connectivity index (χ0v) is 12.0. The van der Waals surface area contributed by atoms with E-state index in [9.17, 15) is 8.42 Å². The average Bonchev–Trinajstić information content (AvgIpc) is 2.41. The number of hydrogen-bond acceptors (Lipinski definition) is 2. The van der Waals surface area contributed by atoms with Gasteiger partial charge in [0.25, 0.3) is 0 Å². The Bertz CT molecular complexity index is 656. The molecule has 0 radical (unpaired) electrons. The molecule has 0 unspecified atom stereocenters. The van der Waals surface area contributed by atoms with E-state index in [0.717, 1.165) is 0 Å². The highest BCUT2D eigenvalue weighted by Crippen LogP contribution is 2.22. The van der Waals surface area contributed by atoms with Gasteiger partial charge in [-0.05, 0) is 23.8 Å². The molecule has 3 nitrogen and oxygen atoms in total. The van der Waals surface area contributed by atoms with Crippen LogP contribution < -0.4 is 4.31 Å². The molecule has 0 spiro atoms. The number of para-hydroxylation sites is 1. The summed E-state index contributed by atoms with van der Waals surface area (Å²) in [6, 6.07) is 15.9. The van der Waals surface area contributed by atoms with Crippen molar-refractivity contribution in [1.82, 2.24) is 0 Å². The van der Waals surface area contributed by atoms with Crippen LogP contribution in [0.5, 0.6) is 0 Å². The SMILES string of the molecule is CN(c1ccccc1)S(=O)(=O)Cc1ccccc1Cl. The summed E-state index contributed by atoms with van der Waals surface area (Å²) in [5.41, 5.74) is 1.24. The maximum absolute atomic E-state index is 12.3. The molecule has 0 saturated heterocycles. The van der Waals surface area contributed by atoms with Crippen molar-refractivity contribution in [2.75, 3.05) is 11.4 Å². The minimum absolute atomic E-state index is 0.113. The van der Waals surface area contributed by atoms with Gasteiger partial charge in [-0.2, -0.15) is 0 Å². The van der Waals surface area contributed by atoms with Crippen molar-refractivity contribution in [1.29, 1.82) is 0 Å². The van der Waals surface area contributed by atoms with E-state index in [-0.39, 0.29) is 5.75 Å². The van der Waals surface area contributed by atoms with E-state index < -0.39 is 10.0 Å². The lowest BCUT2D eigenvalue weighted by atomic mass is 10.2. The highest BCUT2D eigenvalue weighted by atomic mass is 35.5. The number of sulfonamides is 1. The first-order valence-corrected chi connectivity index (χ1v) is 7.74. The molecule has 0 aliphatic carbocycles. The fourth-order valence-electron chi connectivity index (χ4n) is 1.71. The van der Waals surface area contributed by atoms with Crippen molar-refractivity contribution in [2.45, 2.75) is 5.75 Å². The molecule has 2 rings (SSSR count). The fraction of sp³-hybridized carbons (Fsp3) is 0.143. The second-order valence-electron chi connectivity index (χ2n) is 4.15. The normalized spacial score (nSPS) is 11.3. The molecular weight excluding hydrogens is 282 g/mol. The van der Waals surface area contributed by atoms with Crippen LogP contribution in [0.3, 0.4) is 0 Å². The highest BCUT2D eigenvalue weighted by molar-refractivity contribution is 7.92. The lowest BCUT2D eigenvalue weighted by Crippen LogP contribution is -2.27. The molecule has 0 amide bonds. The van der Waals surface area contributed by atoms with Crippen molar-refractivity contribution in [3.8, 4) is 0 Å². The number of halogens is 1. The minimum atomic E-state index is -3.44. The van der Waals surface area contributed by atoms with Gasteiger partial charge in [-0.25, -0.2) is 8.42 Å². The molecule has 2 aromatic carbocycles. The predicted octanol–water partition coefficient (Wildman–Crippen LogP) is 3.31. The summed E-state index contributed by atoms with van der Waals surface area (Å²) in [6.07, 6.45) is 0. The van der Waals surface area contributed by atoms with Crippen LogP contribution in [0, 0.1) is 0 Å². The van der Waals surface area contributed by atoms with E-state index in [1.165, 1.54) is 4.31 Å². The van der Waals surface area contributed by atoms with E-state index in [1.54, 1.807) is 55.6 Å². The molecule has 19 heavy (non-hydrogen) atoms. The molecule has 0 atom stereocenters. The third kappa shape index (κ3) is 3.28. The molecule has 0 fully saturated rings. The molecule has 2 aromatic rings. The Morgan fingerprint density at radius 2 is 1.58 bits per heavy atom. The van der Waals surface area contributed by atoms with Gasteiger partial charge in [-0.1, -0.05) is 48.0 Å². The Kier molecular flexibility index (Phi) is 4.12. The van der Waals surface area contributed by atoms with Gasteiger partial charge in [0.15, 0.2) is 0 Å². The summed E-state index contributed by atoms with van der Waals surface area (Å²) >= 11 is 6.00. The molecule has 0 aliphatic heterocycles. The number of anilines is 1. The topological polar surface area (TPSA) is 37.4 Å². The van der Waals surface area contributed by atoms with Gasteiger partial charge in [-0.15, -0.1) is 0 Å². The Morgan fingerprint density at radius 3 is 2.21 bits per heavy atom. The van der Waals surface area contributed by atoms with Crippen LogP contribution in [-0.4, -0.2) is 15.5 Å². The van der Waals surface area contributed by atoms with E-state index in [4.69, 9.17) is 11.6 Å². The monoisotopic (exact) mass is 295 g/mol. The van der Waals surface area contributed by atoms with E-state index in [1.807, 2.05) is 6.07 Å². The fourth-order valence-corrected chi connectivity index (χ4v) is 3.27. The molecule has 0 aromatic heterocycles. The van der Waals surface area contributed by atoms with E-state index in [2.05, 4.69) is 0 Å². The Labute approximate surface area is 118 Å². The average molecular weight is 296 g/mol. The molecule has 0 heterocycles. The number of nitrogens with zero attached hydrogens (tertiary/aromatic N) is 1. The lowest BCUT2D eigenvalue weighted by molar-refractivity contribution is 0.593. The number of rotatable bonds is 4. The quantitative estimate of drug-likeness (QED) is 0.868. The molecule has 0 bridgehead atoms. The summed E-state index contributed by atoms with van der Waals surface area (Å²) in [5, 5.41) is 0.465. The minimum Gasteiger partial charge on any atom is -0.273 e. The van der Waals surface area contributed by atoms with Crippen LogP contribution in [0.25, 0.3) is 0 Å². The smallest absolute Gasteiger partial charge is 0.239 e. The zero-order chi connectivity index (χ0) is 13.9. The Balaban J connectivity index is 2.27. The van der Waals surface area contributed by atoms with Gasteiger partial charge in [0.1, 0.15) is 0 Å². The number of benzene rings is 2. The van der Waals surface area contributed by atoms with E-state index in [0.29, 0.717) is 16.3 Å². The van der Waals surface area contributed by atoms with Crippen LogP contribution in [0.1, 0.15) is 5.56 Å². The predicted molar refractivity (Wildman–Crippen MR) is 78.9 cm³/mol. The molecule has 0 aliphatic rings. The molecular formula is C14H14ClNO2S. The lowest BCUT2D eigenvalue weighted by Gasteiger charge is -2.19. The van der Waals surface area contributed by atoms with Crippen LogP contribution in [0.15, 0.2) is 54.6 Å². The third-order valence-electron chi connectivity index (χ3n) is 2.83. The largest absolute Gasteiger partial charge is 0.273 e. The maximum Gasteiger partial charge on any atom is 0.239 e. The molecule has 5 heteroatoms. The van der Waals surface area contributed by atoms with Gasteiger partial charge in [0, 0.05) is 12.1 Å². The van der Waals surface area contributed by atoms with Crippen molar-refractivity contribution < 1.29 is 8.42 Å². The summed E-state index contributed by atoms with van der Waals surface area (Å²) in [4.78, 5) is 0. The number of hydrogen-bond donors (Lipinski definition) is 0. The maximum atomic E-state index is 12.3. The third-order valence-corrected chi connectivity index (χ3v) is 4.92. The van der Waals surface area contributed by atoms with Gasteiger partial charge < -0.3 is 0 Å². The summed E-state index contributed by atoms with van der Waals surface area (Å²) in [5.74, 6) is -0.113. The molecule has 0 saturated carbocycles. The van der Waals surface area contributed by atoms with Gasteiger partial charge in [0.05, 0.1) is 11.4 Å². The Morgan fingerprint density at radius 1 is 1.00 bits per heavy atom. The summed E-state index contributed by atoms with van der Waals surface area (Å²) in [7, 11) is -1.90. The molecule has 100 valence electrons. The van der Waals surface area contributed by atoms with Crippen molar-refractivity contribution >= 4 is 27.3 Å². The van der Waals surface area contributed by atoms with Gasteiger partial charge in [0.2, 0.25) is 10.0 Å². The first kappa shape index (κ1) is 13.9. The summed E-state index contributed by atoms with van der Waals surface area (Å²) in [6.45, 7) is 0. The van der Waals surface area contributed by atoms with Crippen molar-refractivity contribution in [2.24, 2.45) is 0 Å². The van der Waals surface area contributed by atoms with Crippen LogP contribution in [-0.2, 0) is 15.8 Å². The second kappa shape index (κ2) is 5.63. The highest BCUT2D eigenvalue weighted by Gasteiger charge is 2.19. The first-order valence-electron chi connectivity index (χ1n) is 5.76. The second-order valence-corrected chi connectivity index (χ2v) is 6.56. The van der Waals surface area contributed by atoms with Crippen molar-refractivity contribution in [3.63, 3.8) is 0 Å². The first-order chi connectivity index (χ1) is 9.00. The summed E-state index contributed by atoms with van der Waals surface area (Å²) < 4.78 is 25.9. The van der Waals surface area contributed by atoms with Crippen LogP contribution >= 0.6 is 11.6 Å². The zero-order valence-electron chi connectivity index (χ0n) is 10.5. The van der Waals surface area contributed by atoms with Crippen molar-refractivity contribution in [3.05, 3.63) is 65.2 Å². The van der Waals surface area contributed by atoms with Gasteiger partial charge >= 0.3 is 0 Å². The van der Waals surface area contributed by atoms with E-state index >= 15 is 0 Å². The molecule has 0 N–H and O–H groups in total. The van der Waals surface area contributed by atoms with Crippen LogP contribution in [0.2, 0.25) is 5.02 Å². The standard InChI is InChI=1S/C14H14ClNO2S/c1-16(13-8-3-2-4-9-13)19(17,18)11-12-7-5-6-10-14(12)15/h2-10H,11H2,1H3. The van der Waals surface area contributed by atoms with Gasteiger partial charge in [-0.3, -0.25) is 4.31 Å². The Hall–Kier alpha value is -1.52.